The second-order valence-electron chi connectivity index (χ2n) is 7.19. The van der Waals surface area contributed by atoms with E-state index in [0.29, 0.717) is 12.0 Å². The zero-order valence-electron chi connectivity index (χ0n) is 16.8. The van der Waals surface area contributed by atoms with Crippen molar-refractivity contribution in [2.24, 2.45) is 10.2 Å². The summed E-state index contributed by atoms with van der Waals surface area (Å²) in [6.45, 7) is 0. The summed E-state index contributed by atoms with van der Waals surface area (Å²) in [6.07, 6.45) is 1.57. The summed E-state index contributed by atoms with van der Waals surface area (Å²) < 4.78 is 0. The van der Waals surface area contributed by atoms with Gasteiger partial charge in [0.1, 0.15) is 11.3 Å². The Hall–Kier alpha value is -4.53. The number of nitrogens with one attached hydrogen (secondary N) is 2. The van der Waals surface area contributed by atoms with Gasteiger partial charge in [0, 0.05) is 18.1 Å². The van der Waals surface area contributed by atoms with Crippen LogP contribution in [0.1, 0.15) is 23.1 Å². The Kier molecular flexibility index (Phi) is 5.63. The molecule has 3 aromatic carbocycles. The number of phenolic OH excluding ortho intramolecular Hbond substituents is 1. The molecule has 1 aliphatic rings. The third-order valence-corrected chi connectivity index (χ3v) is 5.19. The number of aromatic hydroxyl groups is 1. The molecule has 0 saturated heterocycles. The number of hydrogen-bond donors (Lipinski definition) is 3. The Morgan fingerprint density at radius 1 is 1.09 bits per heavy atom. The SMILES string of the molecule is O=C(N/N=C/c1ccc(O)c([N+](=O)[O-])c1)C1=NNC(c2ccccc2)(c2ccccc2)C1. The fourth-order valence-electron chi connectivity index (χ4n) is 3.57. The monoisotopic (exact) mass is 429 g/mol. The summed E-state index contributed by atoms with van der Waals surface area (Å²) in [4.78, 5) is 22.9. The predicted octanol–water partition coefficient (Wildman–Crippen LogP) is 3.04. The van der Waals surface area contributed by atoms with Crippen molar-refractivity contribution in [3.05, 3.63) is 106 Å². The molecule has 9 nitrogen and oxygen atoms in total. The Morgan fingerprint density at radius 2 is 1.72 bits per heavy atom. The van der Waals surface area contributed by atoms with Crippen molar-refractivity contribution in [2.45, 2.75) is 12.0 Å². The van der Waals surface area contributed by atoms with Gasteiger partial charge in [-0.05, 0) is 23.3 Å². The Bertz CT molecular complexity index is 1170. The Morgan fingerprint density at radius 3 is 2.31 bits per heavy atom. The van der Waals surface area contributed by atoms with E-state index in [0.717, 1.165) is 17.2 Å². The maximum absolute atomic E-state index is 12.7. The van der Waals surface area contributed by atoms with Crippen LogP contribution in [0.25, 0.3) is 0 Å². The molecular weight excluding hydrogens is 410 g/mol. The second-order valence-corrected chi connectivity index (χ2v) is 7.19. The highest BCUT2D eigenvalue weighted by Gasteiger charge is 2.41. The number of amides is 1. The van der Waals surface area contributed by atoms with Crippen molar-refractivity contribution in [3.8, 4) is 5.75 Å². The summed E-state index contributed by atoms with van der Waals surface area (Å²) in [7, 11) is 0. The van der Waals surface area contributed by atoms with Gasteiger partial charge in [-0.15, -0.1) is 0 Å². The molecule has 1 heterocycles. The minimum absolute atomic E-state index is 0.270. The molecule has 0 aromatic heterocycles. The number of benzene rings is 3. The molecule has 0 spiro atoms. The first kappa shape index (κ1) is 20.7. The van der Waals surface area contributed by atoms with Crippen LogP contribution in [-0.2, 0) is 10.3 Å². The molecule has 1 aliphatic heterocycles. The molecular formula is C23H19N5O4. The highest BCUT2D eigenvalue weighted by molar-refractivity contribution is 6.39. The van der Waals surface area contributed by atoms with E-state index in [1.54, 1.807) is 0 Å². The molecule has 0 bridgehead atoms. The van der Waals surface area contributed by atoms with Gasteiger partial charge < -0.3 is 5.11 Å². The maximum atomic E-state index is 12.7. The van der Waals surface area contributed by atoms with Crippen molar-refractivity contribution in [1.29, 1.82) is 0 Å². The van der Waals surface area contributed by atoms with E-state index in [1.165, 1.54) is 18.3 Å². The molecule has 160 valence electrons. The van der Waals surface area contributed by atoms with E-state index in [-0.39, 0.29) is 5.71 Å². The minimum atomic E-state index is -0.697. The van der Waals surface area contributed by atoms with E-state index in [2.05, 4.69) is 21.1 Å². The standard InChI is InChI=1S/C23H19N5O4/c29-21-12-11-16(13-20(21)28(31)32)15-24-26-22(30)19-14-23(27-25-19,17-7-3-1-4-8-17)18-9-5-2-6-10-18/h1-13,15,27,29H,14H2,(H,26,30)/b24-15+. The van der Waals surface area contributed by atoms with Crippen LogP contribution >= 0.6 is 0 Å². The smallest absolute Gasteiger partial charge is 0.311 e. The number of hydrazone groups is 2. The molecule has 0 radical (unpaired) electrons. The summed E-state index contributed by atoms with van der Waals surface area (Å²) in [6, 6.07) is 23.3. The third-order valence-electron chi connectivity index (χ3n) is 5.19. The van der Waals surface area contributed by atoms with Crippen molar-refractivity contribution in [3.63, 3.8) is 0 Å². The van der Waals surface area contributed by atoms with E-state index < -0.39 is 27.8 Å². The van der Waals surface area contributed by atoms with Crippen molar-refractivity contribution < 1.29 is 14.8 Å². The lowest BCUT2D eigenvalue weighted by Crippen LogP contribution is -2.38. The fraction of sp³-hybridized carbons (Fsp3) is 0.0870. The van der Waals surface area contributed by atoms with Crippen LogP contribution in [0.2, 0.25) is 0 Å². The molecule has 0 atom stereocenters. The Balaban J connectivity index is 1.51. The fourth-order valence-corrected chi connectivity index (χ4v) is 3.57. The van der Waals surface area contributed by atoms with Crippen molar-refractivity contribution in [2.75, 3.05) is 0 Å². The summed E-state index contributed by atoms with van der Waals surface area (Å²) in [5.41, 5.74) is 6.98. The number of phenols is 1. The average Bonchev–Trinajstić information content (AvgIpc) is 3.28. The van der Waals surface area contributed by atoms with Gasteiger partial charge in [-0.25, -0.2) is 5.43 Å². The highest BCUT2D eigenvalue weighted by atomic mass is 16.6. The largest absolute Gasteiger partial charge is 0.502 e. The second kappa shape index (κ2) is 8.68. The zero-order chi connectivity index (χ0) is 22.6. The molecule has 3 aromatic rings. The van der Waals surface area contributed by atoms with E-state index >= 15 is 0 Å². The van der Waals surface area contributed by atoms with E-state index in [1.807, 2.05) is 60.7 Å². The molecule has 9 heteroatoms. The normalized spacial score (nSPS) is 14.6. The number of hydrogen-bond acceptors (Lipinski definition) is 7. The Labute approximate surface area is 183 Å². The number of nitro benzene ring substituents is 1. The number of nitro groups is 1. The topological polar surface area (TPSA) is 129 Å². The van der Waals surface area contributed by atoms with Crippen LogP contribution in [0.4, 0.5) is 5.69 Å². The van der Waals surface area contributed by atoms with Crippen LogP contribution < -0.4 is 10.9 Å². The number of carbonyl (C=O) groups is 1. The number of rotatable bonds is 6. The first-order chi connectivity index (χ1) is 15.5. The van der Waals surface area contributed by atoms with Gasteiger partial charge in [0.2, 0.25) is 0 Å². The van der Waals surface area contributed by atoms with E-state index in [9.17, 15) is 20.0 Å². The summed E-state index contributed by atoms with van der Waals surface area (Å²) in [5, 5.41) is 28.6. The molecule has 32 heavy (non-hydrogen) atoms. The van der Waals surface area contributed by atoms with Gasteiger partial charge >= 0.3 is 5.69 Å². The van der Waals surface area contributed by atoms with Crippen LogP contribution in [0.3, 0.4) is 0 Å². The quantitative estimate of drug-likeness (QED) is 0.315. The maximum Gasteiger partial charge on any atom is 0.311 e. The first-order valence-electron chi connectivity index (χ1n) is 9.75. The van der Waals surface area contributed by atoms with Gasteiger partial charge in [-0.1, -0.05) is 60.7 Å². The number of nitrogens with zero attached hydrogens (tertiary/aromatic N) is 3. The molecule has 1 amide bonds. The van der Waals surface area contributed by atoms with Crippen LogP contribution in [-0.4, -0.2) is 27.9 Å². The lowest BCUT2D eigenvalue weighted by Gasteiger charge is -2.30. The molecule has 3 N–H and O–H groups in total. The summed E-state index contributed by atoms with van der Waals surface area (Å²) in [5.74, 6) is -0.934. The van der Waals surface area contributed by atoms with Gasteiger partial charge in [0.05, 0.1) is 11.1 Å². The van der Waals surface area contributed by atoms with Crippen molar-refractivity contribution in [1.82, 2.24) is 10.9 Å². The van der Waals surface area contributed by atoms with Crippen LogP contribution in [0.5, 0.6) is 5.75 Å². The third kappa shape index (κ3) is 4.04. The summed E-state index contributed by atoms with van der Waals surface area (Å²) >= 11 is 0. The first-order valence-corrected chi connectivity index (χ1v) is 9.75. The van der Waals surface area contributed by atoms with Crippen LogP contribution in [0, 0.1) is 10.1 Å². The van der Waals surface area contributed by atoms with Gasteiger partial charge in [-0.2, -0.15) is 10.2 Å². The van der Waals surface area contributed by atoms with Crippen LogP contribution in [0.15, 0.2) is 89.1 Å². The van der Waals surface area contributed by atoms with Gasteiger partial charge in [0.25, 0.3) is 5.91 Å². The van der Waals surface area contributed by atoms with E-state index in [4.69, 9.17) is 0 Å². The lowest BCUT2D eigenvalue weighted by molar-refractivity contribution is -0.385. The van der Waals surface area contributed by atoms with Crippen molar-refractivity contribution >= 4 is 23.5 Å². The molecule has 0 fully saturated rings. The zero-order valence-corrected chi connectivity index (χ0v) is 16.8. The van der Waals surface area contributed by atoms with Gasteiger partial charge in [-0.3, -0.25) is 20.3 Å². The minimum Gasteiger partial charge on any atom is -0.502 e. The highest BCUT2D eigenvalue weighted by Crippen LogP contribution is 2.36. The number of carbonyl (C=O) groups excluding carboxylic acids is 1. The molecule has 4 rings (SSSR count). The average molecular weight is 429 g/mol. The lowest BCUT2D eigenvalue weighted by atomic mass is 9.80. The van der Waals surface area contributed by atoms with Gasteiger partial charge in [0.15, 0.2) is 5.75 Å². The molecule has 0 saturated carbocycles. The molecule has 0 unspecified atom stereocenters. The molecule has 0 aliphatic carbocycles. The predicted molar refractivity (Wildman–Crippen MR) is 119 cm³/mol.